The Balaban J connectivity index is 2.02. The van der Waals surface area contributed by atoms with Crippen molar-refractivity contribution in [2.24, 2.45) is 5.41 Å². The highest BCUT2D eigenvalue weighted by Crippen LogP contribution is 2.31. The van der Waals surface area contributed by atoms with Crippen LogP contribution in [0, 0.1) is 5.41 Å². The van der Waals surface area contributed by atoms with Gasteiger partial charge in [-0.15, -0.1) is 0 Å². The van der Waals surface area contributed by atoms with Crippen molar-refractivity contribution in [2.75, 3.05) is 0 Å². The van der Waals surface area contributed by atoms with E-state index >= 15 is 0 Å². The van der Waals surface area contributed by atoms with E-state index in [0.717, 1.165) is 18.6 Å². The summed E-state index contributed by atoms with van der Waals surface area (Å²) in [5, 5.41) is 0. The molecule has 0 radical (unpaired) electrons. The standard InChI is InChI=1S/C20H31FO2/c1-5-18(21)15-11-13-17(14-12-15)23-19(20(2,3)4)22-16-9-7-6-8-10-16/h11-14,16,18-19H,5-10H2,1-4H3. The normalized spacial score (nSPS) is 19.3. The lowest BCUT2D eigenvalue weighted by Gasteiger charge is -2.35. The minimum absolute atomic E-state index is 0.109. The topological polar surface area (TPSA) is 18.5 Å². The van der Waals surface area contributed by atoms with E-state index < -0.39 is 6.17 Å². The van der Waals surface area contributed by atoms with Gasteiger partial charge in [-0.2, -0.15) is 0 Å². The van der Waals surface area contributed by atoms with Crippen molar-refractivity contribution >= 4 is 0 Å². The molecule has 2 unspecified atom stereocenters. The number of ether oxygens (including phenoxy) is 2. The van der Waals surface area contributed by atoms with Crippen molar-refractivity contribution in [3.8, 4) is 5.75 Å². The summed E-state index contributed by atoms with van der Waals surface area (Å²) in [5.41, 5.74) is 0.600. The van der Waals surface area contributed by atoms with Gasteiger partial charge in [0.15, 0.2) is 0 Å². The van der Waals surface area contributed by atoms with Crippen LogP contribution in [-0.4, -0.2) is 12.4 Å². The van der Waals surface area contributed by atoms with Crippen LogP contribution >= 0.6 is 0 Å². The molecule has 1 aliphatic rings. The van der Waals surface area contributed by atoms with E-state index in [1.54, 1.807) is 0 Å². The fourth-order valence-corrected chi connectivity index (χ4v) is 2.90. The van der Waals surface area contributed by atoms with Crippen molar-refractivity contribution in [1.82, 2.24) is 0 Å². The zero-order chi connectivity index (χ0) is 16.9. The van der Waals surface area contributed by atoms with Crippen LogP contribution in [0.5, 0.6) is 5.75 Å². The first kappa shape index (κ1) is 18.3. The fraction of sp³-hybridized carbons (Fsp3) is 0.700. The largest absolute Gasteiger partial charge is 0.464 e. The van der Waals surface area contributed by atoms with Gasteiger partial charge in [0.25, 0.3) is 0 Å². The molecule has 0 aliphatic heterocycles. The summed E-state index contributed by atoms with van der Waals surface area (Å²) >= 11 is 0. The molecule has 0 saturated heterocycles. The lowest BCUT2D eigenvalue weighted by atomic mass is 9.94. The Kier molecular flexibility index (Phi) is 6.46. The Hall–Kier alpha value is -1.09. The van der Waals surface area contributed by atoms with Crippen LogP contribution in [0.3, 0.4) is 0 Å². The van der Waals surface area contributed by atoms with Crippen LogP contribution in [0.2, 0.25) is 0 Å². The molecule has 1 saturated carbocycles. The second kappa shape index (κ2) is 8.14. The van der Waals surface area contributed by atoms with Crippen LogP contribution < -0.4 is 4.74 Å². The number of alkyl halides is 1. The highest BCUT2D eigenvalue weighted by molar-refractivity contribution is 5.28. The molecule has 2 rings (SSSR count). The van der Waals surface area contributed by atoms with Crippen molar-refractivity contribution in [2.45, 2.75) is 84.8 Å². The van der Waals surface area contributed by atoms with E-state index in [1.165, 1.54) is 19.3 Å². The predicted molar refractivity (Wildman–Crippen MR) is 92.4 cm³/mol. The summed E-state index contributed by atoms with van der Waals surface area (Å²) in [6.45, 7) is 8.24. The maximum absolute atomic E-state index is 13.7. The molecular formula is C20H31FO2. The van der Waals surface area contributed by atoms with Gasteiger partial charge in [0.05, 0.1) is 6.10 Å². The molecule has 0 aromatic heterocycles. The molecule has 0 spiro atoms. The molecule has 0 bridgehead atoms. The van der Waals surface area contributed by atoms with Gasteiger partial charge in [0.2, 0.25) is 6.29 Å². The van der Waals surface area contributed by atoms with E-state index in [9.17, 15) is 4.39 Å². The van der Waals surface area contributed by atoms with E-state index in [-0.39, 0.29) is 11.7 Å². The minimum atomic E-state index is -0.902. The average molecular weight is 322 g/mol. The molecule has 2 atom stereocenters. The zero-order valence-electron chi connectivity index (χ0n) is 15.0. The van der Waals surface area contributed by atoms with Gasteiger partial charge < -0.3 is 9.47 Å². The summed E-state index contributed by atoms with van der Waals surface area (Å²) in [6, 6.07) is 7.31. The lowest BCUT2D eigenvalue weighted by molar-refractivity contribution is -0.177. The minimum Gasteiger partial charge on any atom is -0.464 e. The van der Waals surface area contributed by atoms with Gasteiger partial charge in [-0.1, -0.05) is 59.1 Å². The molecule has 1 aliphatic carbocycles. The monoisotopic (exact) mass is 322 g/mol. The molecule has 130 valence electrons. The van der Waals surface area contributed by atoms with Gasteiger partial charge in [0.1, 0.15) is 11.9 Å². The van der Waals surface area contributed by atoms with E-state index in [1.807, 2.05) is 31.2 Å². The molecule has 2 nitrogen and oxygen atoms in total. The number of hydrogen-bond donors (Lipinski definition) is 0. The molecule has 1 fully saturated rings. The van der Waals surface area contributed by atoms with E-state index in [0.29, 0.717) is 18.1 Å². The van der Waals surface area contributed by atoms with Crippen LogP contribution in [-0.2, 0) is 4.74 Å². The Morgan fingerprint density at radius 1 is 1.09 bits per heavy atom. The maximum Gasteiger partial charge on any atom is 0.204 e. The molecule has 23 heavy (non-hydrogen) atoms. The van der Waals surface area contributed by atoms with Crippen LogP contribution in [0.1, 0.15) is 78.0 Å². The maximum atomic E-state index is 13.7. The molecule has 1 aromatic rings. The Bertz CT molecular complexity index is 458. The van der Waals surface area contributed by atoms with Crippen molar-refractivity contribution < 1.29 is 13.9 Å². The summed E-state index contributed by atoms with van der Waals surface area (Å²) in [4.78, 5) is 0. The van der Waals surface area contributed by atoms with Crippen LogP contribution in [0.15, 0.2) is 24.3 Å². The fourth-order valence-electron chi connectivity index (χ4n) is 2.90. The van der Waals surface area contributed by atoms with E-state index in [2.05, 4.69) is 20.8 Å². The third kappa shape index (κ3) is 5.49. The SMILES string of the molecule is CCC(F)c1ccc(OC(OC2CCCCC2)C(C)(C)C)cc1. The number of rotatable bonds is 6. The molecule has 0 heterocycles. The Morgan fingerprint density at radius 3 is 2.22 bits per heavy atom. The van der Waals surface area contributed by atoms with E-state index in [4.69, 9.17) is 9.47 Å². The number of hydrogen-bond acceptors (Lipinski definition) is 2. The molecular weight excluding hydrogens is 291 g/mol. The van der Waals surface area contributed by atoms with Gasteiger partial charge in [-0.3, -0.25) is 0 Å². The molecule has 1 aromatic carbocycles. The Labute approximate surface area is 140 Å². The third-order valence-corrected chi connectivity index (χ3v) is 4.42. The second-order valence-electron chi connectivity index (χ2n) is 7.66. The van der Waals surface area contributed by atoms with Crippen LogP contribution in [0.25, 0.3) is 0 Å². The quantitative estimate of drug-likeness (QED) is 0.580. The summed E-state index contributed by atoms with van der Waals surface area (Å²) in [6.07, 6.45) is 5.63. The average Bonchev–Trinajstić information content (AvgIpc) is 2.54. The van der Waals surface area contributed by atoms with Gasteiger partial charge >= 0.3 is 0 Å². The predicted octanol–water partition coefficient (Wildman–Crippen LogP) is 6.21. The lowest BCUT2D eigenvalue weighted by Crippen LogP contribution is -2.38. The van der Waals surface area contributed by atoms with Gasteiger partial charge in [-0.05, 0) is 37.0 Å². The van der Waals surface area contributed by atoms with Crippen LogP contribution in [0.4, 0.5) is 4.39 Å². The van der Waals surface area contributed by atoms with Gasteiger partial charge in [-0.25, -0.2) is 4.39 Å². The summed E-state index contributed by atoms with van der Waals surface area (Å²) in [7, 11) is 0. The first-order chi connectivity index (χ1) is 10.9. The second-order valence-corrected chi connectivity index (χ2v) is 7.66. The first-order valence-electron chi connectivity index (χ1n) is 8.96. The highest BCUT2D eigenvalue weighted by Gasteiger charge is 2.31. The Morgan fingerprint density at radius 2 is 1.70 bits per heavy atom. The highest BCUT2D eigenvalue weighted by atomic mass is 19.1. The molecule has 0 amide bonds. The summed E-state index contributed by atoms with van der Waals surface area (Å²) in [5.74, 6) is 0.743. The van der Waals surface area contributed by atoms with Crippen molar-refractivity contribution in [3.05, 3.63) is 29.8 Å². The molecule has 0 N–H and O–H groups in total. The summed E-state index contributed by atoms with van der Waals surface area (Å²) < 4.78 is 26.1. The smallest absolute Gasteiger partial charge is 0.204 e. The van der Waals surface area contributed by atoms with Crippen molar-refractivity contribution in [1.29, 1.82) is 0 Å². The number of halogens is 1. The zero-order valence-corrected chi connectivity index (χ0v) is 15.0. The first-order valence-corrected chi connectivity index (χ1v) is 8.96. The van der Waals surface area contributed by atoms with Gasteiger partial charge in [0, 0.05) is 5.41 Å². The third-order valence-electron chi connectivity index (χ3n) is 4.42. The number of benzene rings is 1. The van der Waals surface area contributed by atoms with Crippen molar-refractivity contribution in [3.63, 3.8) is 0 Å². The molecule has 3 heteroatoms.